The van der Waals surface area contributed by atoms with Gasteiger partial charge in [0.25, 0.3) is 0 Å². The molecule has 0 spiro atoms. The van der Waals surface area contributed by atoms with E-state index >= 15 is 0 Å². The lowest BCUT2D eigenvalue weighted by molar-refractivity contribution is -0.130. The molecule has 2 rings (SSSR count). The molecule has 0 heterocycles. The van der Waals surface area contributed by atoms with Crippen LogP contribution in [0.25, 0.3) is 11.6 Å². The summed E-state index contributed by atoms with van der Waals surface area (Å²) in [6, 6.07) is 12.2. The van der Waals surface area contributed by atoms with Crippen LogP contribution in [0.1, 0.15) is 11.1 Å². The smallest absolute Gasteiger partial charge is 0.336 e. The molecular weight excluding hydrogens is 388 g/mol. The van der Waals surface area contributed by atoms with Gasteiger partial charge >= 0.3 is 5.97 Å². The fraction of sp³-hybridized carbons (Fsp3) is 0. The van der Waals surface area contributed by atoms with Crippen LogP contribution in [-0.2, 0) is 4.79 Å². The number of carboxylic acid groups (broad SMARTS) is 1. The number of halogens is 2. The zero-order chi connectivity index (χ0) is 14.7. The third-order valence-corrected chi connectivity index (χ3v) is 3.87. The van der Waals surface area contributed by atoms with Crippen LogP contribution in [0.2, 0.25) is 0 Å². The second-order valence-corrected chi connectivity index (χ2v) is 5.77. The maximum absolute atomic E-state index is 11.4. The highest BCUT2D eigenvalue weighted by Crippen LogP contribution is 2.34. The first-order valence-corrected chi connectivity index (χ1v) is 7.26. The number of rotatable bonds is 3. The Morgan fingerprint density at radius 1 is 1.05 bits per heavy atom. The Morgan fingerprint density at radius 3 is 2.10 bits per heavy atom. The quantitative estimate of drug-likeness (QED) is 0.590. The molecule has 0 unspecified atom stereocenters. The van der Waals surface area contributed by atoms with Gasteiger partial charge in [-0.15, -0.1) is 0 Å². The molecule has 3 nitrogen and oxygen atoms in total. The molecule has 0 aliphatic carbocycles. The van der Waals surface area contributed by atoms with Crippen molar-refractivity contribution in [2.45, 2.75) is 0 Å². The van der Waals surface area contributed by atoms with Crippen molar-refractivity contribution in [3.05, 3.63) is 62.5 Å². The van der Waals surface area contributed by atoms with Crippen LogP contribution in [-0.4, -0.2) is 16.2 Å². The molecule has 0 amide bonds. The van der Waals surface area contributed by atoms with E-state index < -0.39 is 5.97 Å². The SMILES string of the molecule is O=C(O)/C(=C\c1cc(Br)c(O)c(Br)c1)c1ccccc1. The Hall–Kier alpha value is -1.59. The third kappa shape index (κ3) is 3.29. The van der Waals surface area contributed by atoms with Crippen molar-refractivity contribution in [1.82, 2.24) is 0 Å². The fourth-order valence-electron chi connectivity index (χ4n) is 1.72. The van der Waals surface area contributed by atoms with E-state index in [4.69, 9.17) is 0 Å². The lowest BCUT2D eigenvalue weighted by Gasteiger charge is -2.05. The minimum absolute atomic E-state index is 0.0822. The highest BCUT2D eigenvalue weighted by Gasteiger charge is 2.11. The molecule has 0 aliphatic rings. The summed E-state index contributed by atoms with van der Waals surface area (Å²) in [6.45, 7) is 0. The summed E-state index contributed by atoms with van der Waals surface area (Å²) in [5.74, 6) is -0.921. The van der Waals surface area contributed by atoms with Crippen LogP contribution in [0.4, 0.5) is 0 Å². The van der Waals surface area contributed by atoms with Crippen LogP contribution in [0.5, 0.6) is 5.75 Å². The van der Waals surface area contributed by atoms with Crippen molar-refractivity contribution in [2.75, 3.05) is 0 Å². The molecule has 0 fully saturated rings. The molecule has 20 heavy (non-hydrogen) atoms. The van der Waals surface area contributed by atoms with Crippen molar-refractivity contribution in [2.24, 2.45) is 0 Å². The molecule has 2 aromatic rings. The van der Waals surface area contributed by atoms with Gasteiger partial charge in [0, 0.05) is 0 Å². The molecule has 2 aromatic carbocycles. The van der Waals surface area contributed by atoms with Crippen LogP contribution in [0.15, 0.2) is 51.4 Å². The Bertz CT molecular complexity index is 656. The van der Waals surface area contributed by atoms with Gasteiger partial charge in [0.1, 0.15) is 5.75 Å². The standard InChI is InChI=1S/C15H10Br2O3/c16-12-7-9(8-13(17)14(12)18)6-11(15(19)20)10-4-2-1-3-5-10/h1-8,18H,(H,19,20)/b11-6-. The number of benzene rings is 2. The third-order valence-electron chi connectivity index (χ3n) is 2.67. The zero-order valence-electron chi connectivity index (χ0n) is 10.2. The largest absolute Gasteiger partial charge is 0.506 e. The van der Waals surface area contributed by atoms with Gasteiger partial charge < -0.3 is 10.2 Å². The number of hydrogen-bond donors (Lipinski definition) is 2. The zero-order valence-corrected chi connectivity index (χ0v) is 13.3. The second kappa shape index (κ2) is 6.24. The van der Waals surface area contributed by atoms with Crippen molar-refractivity contribution in [3.8, 4) is 5.75 Å². The fourth-order valence-corrected chi connectivity index (χ4v) is 2.94. The molecule has 0 bridgehead atoms. The summed E-state index contributed by atoms with van der Waals surface area (Å²) >= 11 is 6.45. The maximum atomic E-state index is 11.4. The minimum Gasteiger partial charge on any atom is -0.506 e. The summed E-state index contributed by atoms with van der Waals surface area (Å²) in [4.78, 5) is 11.4. The molecular formula is C15H10Br2O3. The number of phenolic OH excluding ortho intramolecular Hbond substituents is 1. The van der Waals surface area contributed by atoms with Gasteiger partial charge in [-0.05, 0) is 61.2 Å². The van der Waals surface area contributed by atoms with E-state index in [1.165, 1.54) is 0 Å². The maximum Gasteiger partial charge on any atom is 0.336 e. The summed E-state index contributed by atoms with van der Waals surface area (Å²) in [6.07, 6.45) is 1.56. The monoisotopic (exact) mass is 396 g/mol. The number of hydrogen-bond acceptors (Lipinski definition) is 2. The topological polar surface area (TPSA) is 57.5 Å². The molecule has 0 saturated carbocycles. The number of aliphatic carboxylic acids is 1. The molecule has 0 atom stereocenters. The van der Waals surface area contributed by atoms with Crippen molar-refractivity contribution in [1.29, 1.82) is 0 Å². The van der Waals surface area contributed by atoms with Crippen LogP contribution in [0.3, 0.4) is 0 Å². The van der Waals surface area contributed by atoms with Crippen molar-refractivity contribution < 1.29 is 15.0 Å². The molecule has 0 radical (unpaired) electrons. The lowest BCUT2D eigenvalue weighted by atomic mass is 10.0. The Balaban J connectivity index is 2.53. The van der Waals surface area contributed by atoms with E-state index in [-0.39, 0.29) is 11.3 Å². The van der Waals surface area contributed by atoms with Crippen LogP contribution >= 0.6 is 31.9 Å². The molecule has 102 valence electrons. The number of aromatic hydroxyl groups is 1. The predicted octanol–water partition coefficient (Wildman–Crippen LogP) is 4.54. The van der Waals surface area contributed by atoms with E-state index in [0.29, 0.717) is 20.1 Å². The Labute approximate surface area is 132 Å². The highest BCUT2D eigenvalue weighted by molar-refractivity contribution is 9.11. The first-order valence-electron chi connectivity index (χ1n) is 5.67. The number of carboxylic acids is 1. The van der Waals surface area contributed by atoms with E-state index in [9.17, 15) is 15.0 Å². The summed E-state index contributed by atoms with van der Waals surface area (Å²) in [5.41, 5.74) is 1.48. The van der Waals surface area contributed by atoms with Gasteiger partial charge in [0.05, 0.1) is 14.5 Å². The molecule has 0 aliphatic heterocycles. The van der Waals surface area contributed by atoms with E-state index in [1.807, 2.05) is 6.07 Å². The average molecular weight is 398 g/mol. The van der Waals surface area contributed by atoms with Gasteiger partial charge in [-0.3, -0.25) is 0 Å². The van der Waals surface area contributed by atoms with Gasteiger partial charge in [0.2, 0.25) is 0 Å². The average Bonchev–Trinajstić information content (AvgIpc) is 2.42. The normalized spacial score (nSPS) is 11.4. The van der Waals surface area contributed by atoms with E-state index in [2.05, 4.69) is 31.9 Å². The van der Waals surface area contributed by atoms with Crippen molar-refractivity contribution in [3.63, 3.8) is 0 Å². The molecule has 0 saturated heterocycles. The van der Waals surface area contributed by atoms with E-state index in [0.717, 1.165) is 0 Å². The van der Waals surface area contributed by atoms with E-state index in [1.54, 1.807) is 42.5 Å². The molecule has 2 N–H and O–H groups in total. The number of carbonyl (C=O) groups is 1. The number of phenols is 1. The first-order chi connectivity index (χ1) is 9.49. The molecule has 0 aromatic heterocycles. The lowest BCUT2D eigenvalue weighted by Crippen LogP contribution is -1.99. The van der Waals surface area contributed by atoms with Gasteiger partial charge in [-0.2, -0.15) is 0 Å². The van der Waals surface area contributed by atoms with Crippen LogP contribution < -0.4 is 0 Å². The summed E-state index contributed by atoms with van der Waals surface area (Å²) < 4.78 is 0.992. The summed E-state index contributed by atoms with van der Waals surface area (Å²) in [7, 11) is 0. The van der Waals surface area contributed by atoms with Gasteiger partial charge in [-0.1, -0.05) is 30.3 Å². The van der Waals surface area contributed by atoms with Crippen LogP contribution in [0, 0.1) is 0 Å². The predicted molar refractivity (Wildman–Crippen MR) is 85.5 cm³/mol. The second-order valence-electron chi connectivity index (χ2n) is 4.06. The summed E-state index contributed by atoms with van der Waals surface area (Å²) in [5, 5.41) is 19.0. The highest BCUT2D eigenvalue weighted by atomic mass is 79.9. The Morgan fingerprint density at radius 2 is 1.60 bits per heavy atom. The molecule has 5 heteroatoms. The Kier molecular flexibility index (Phi) is 4.62. The van der Waals surface area contributed by atoms with Gasteiger partial charge in [-0.25, -0.2) is 4.79 Å². The van der Waals surface area contributed by atoms with Gasteiger partial charge in [0.15, 0.2) is 0 Å². The van der Waals surface area contributed by atoms with Crippen molar-refractivity contribution >= 4 is 49.5 Å². The first kappa shape index (κ1) is 14.8. The minimum atomic E-state index is -1.00.